The van der Waals surface area contributed by atoms with Crippen LogP contribution in [0.3, 0.4) is 0 Å². The van der Waals surface area contributed by atoms with Crippen LogP contribution in [-0.4, -0.2) is 12.8 Å². The summed E-state index contributed by atoms with van der Waals surface area (Å²) < 4.78 is 13.1. The molecule has 132 valence electrons. The molecule has 0 fully saturated rings. The highest BCUT2D eigenvalue weighted by molar-refractivity contribution is 5.87. The zero-order valence-corrected chi connectivity index (χ0v) is 14.5. The van der Waals surface area contributed by atoms with Crippen LogP contribution in [0.1, 0.15) is 29.0 Å². The Morgan fingerprint density at radius 3 is 2.35 bits per heavy atom. The molecule has 0 saturated heterocycles. The number of hydrogen-bond donors (Lipinski definition) is 3. The minimum Gasteiger partial charge on any atom is -0.355 e. The molecule has 0 aliphatic carbocycles. The molecule has 4 heteroatoms. The highest BCUT2D eigenvalue weighted by atomic mass is 19.1. The topological polar surface area (TPSA) is 61.9 Å². The predicted molar refractivity (Wildman–Crippen MR) is 106 cm³/mol. The lowest BCUT2D eigenvalue weighted by Gasteiger charge is -2.19. The van der Waals surface area contributed by atoms with E-state index in [4.69, 9.17) is 11.1 Å². The van der Waals surface area contributed by atoms with Crippen LogP contribution >= 0.6 is 0 Å². The summed E-state index contributed by atoms with van der Waals surface area (Å²) in [5, 5.41) is 11.0. The second-order valence-corrected chi connectivity index (χ2v) is 6.16. The standard InChI is InChI=1S/C22H22FN3/c23-19-7-9-20(10-8-19)26-22-11-6-17(14-18(22)15-25)21(12-13-24)16-4-2-1-3-5-16/h1-11,14-15,21,25-26H,12-13,24H2. The maximum atomic E-state index is 13.1. The Kier molecular flexibility index (Phi) is 5.77. The quantitative estimate of drug-likeness (QED) is 0.524. The highest BCUT2D eigenvalue weighted by Gasteiger charge is 2.15. The molecule has 26 heavy (non-hydrogen) atoms. The molecule has 0 radical (unpaired) electrons. The molecule has 0 aromatic heterocycles. The maximum Gasteiger partial charge on any atom is 0.123 e. The summed E-state index contributed by atoms with van der Waals surface area (Å²) in [5.74, 6) is -0.0783. The van der Waals surface area contributed by atoms with Crippen molar-refractivity contribution in [2.75, 3.05) is 11.9 Å². The van der Waals surface area contributed by atoms with E-state index in [0.717, 1.165) is 28.9 Å². The average Bonchev–Trinajstić information content (AvgIpc) is 2.69. The van der Waals surface area contributed by atoms with Crippen LogP contribution < -0.4 is 11.1 Å². The molecule has 3 aromatic carbocycles. The highest BCUT2D eigenvalue weighted by Crippen LogP contribution is 2.31. The Morgan fingerprint density at radius 2 is 1.69 bits per heavy atom. The van der Waals surface area contributed by atoms with Gasteiger partial charge in [0.1, 0.15) is 5.82 Å². The van der Waals surface area contributed by atoms with E-state index in [9.17, 15) is 4.39 Å². The first-order valence-corrected chi connectivity index (χ1v) is 8.63. The number of hydrogen-bond acceptors (Lipinski definition) is 3. The summed E-state index contributed by atoms with van der Waals surface area (Å²) in [7, 11) is 0. The van der Waals surface area contributed by atoms with Crippen molar-refractivity contribution in [2.24, 2.45) is 5.73 Å². The number of halogens is 1. The van der Waals surface area contributed by atoms with Crippen molar-refractivity contribution in [1.29, 1.82) is 5.41 Å². The molecule has 3 rings (SSSR count). The third-order valence-electron chi connectivity index (χ3n) is 4.41. The lowest BCUT2D eigenvalue weighted by atomic mass is 9.87. The normalized spacial score (nSPS) is 11.8. The van der Waals surface area contributed by atoms with E-state index < -0.39 is 0 Å². The first-order valence-electron chi connectivity index (χ1n) is 8.63. The van der Waals surface area contributed by atoms with E-state index >= 15 is 0 Å². The van der Waals surface area contributed by atoms with Gasteiger partial charge in [0.05, 0.1) is 0 Å². The Hall–Kier alpha value is -2.98. The third kappa shape index (κ3) is 4.16. The van der Waals surface area contributed by atoms with Gasteiger partial charge in [-0.25, -0.2) is 4.39 Å². The Bertz CT molecular complexity index is 860. The molecule has 0 spiro atoms. The number of nitrogens with one attached hydrogen (secondary N) is 2. The molecular weight excluding hydrogens is 325 g/mol. The van der Waals surface area contributed by atoms with E-state index in [0.29, 0.717) is 6.54 Å². The van der Waals surface area contributed by atoms with Gasteiger partial charge in [0, 0.05) is 29.1 Å². The summed E-state index contributed by atoms with van der Waals surface area (Å²) in [6.45, 7) is 0.592. The van der Waals surface area contributed by atoms with Gasteiger partial charge in [-0.1, -0.05) is 36.4 Å². The van der Waals surface area contributed by atoms with E-state index in [1.807, 2.05) is 30.3 Å². The predicted octanol–water partition coefficient (Wildman–Crippen LogP) is 5.05. The molecule has 4 N–H and O–H groups in total. The molecule has 0 aliphatic heterocycles. The summed E-state index contributed by atoms with van der Waals surface area (Å²) in [6.07, 6.45) is 2.17. The second kappa shape index (κ2) is 8.41. The van der Waals surface area contributed by atoms with Crippen LogP contribution in [0.15, 0.2) is 72.8 Å². The largest absolute Gasteiger partial charge is 0.355 e. The Labute approximate surface area is 153 Å². The summed E-state index contributed by atoms with van der Waals surface area (Å²) in [5.41, 5.74) is 10.6. The lowest BCUT2D eigenvalue weighted by molar-refractivity contribution is 0.628. The average molecular weight is 347 g/mol. The number of nitrogens with two attached hydrogens (primary N) is 1. The van der Waals surface area contributed by atoms with E-state index in [-0.39, 0.29) is 11.7 Å². The van der Waals surface area contributed by atoms with Gasteiger partial charge in [-0.3, -0.25) is 0 Å². The molecule has 0 aliphatic rings. The lowest BCUT2D eigenvalue weighted by Crippen LogP contribution is -2.09. The third-order valence-corrected chi connectivity index (χ3v) is 4.41. The van der Waals surface area contributed by atoms with Crippen molar-refractivity contribution in [1.82, 2.24) is 0 Å². The molecule has 3 nitrogen and oxygen atoms in total. The van der Waals surface area contributed by atoms with Gasteiger partial charge in [0.2, 0.25) is 0 Å². The van der Waals surface area contributed by atoms with Crippen LogP contribution in [0.4, 0.5) is 15.8 Å². The smallest absolute Gasteiger partial charge is 0.123 e. The molecule has 0 heterocycles. The minimum absolute atomic E-state index is 0.194. The van der Waals surface area contributed by atoms with Crippen LogP contribution in [0.5, 0.6) is 0 Å². The van der Waals surface area contributed by atoms with Gasteiger partial charge >= 0.3 is 0 Å². The Morgan fingerprint density at radius 1 is 0.962 bits per heavy atom. The molecule has 3 aromatic rings. The minimum atomic E-state index is -0.273. The van der Waals surface area contributed by atoms with Crippen LogP contribution in [0, 0.1) is 11.2 Å². The van der Waals surface area contributed by atoms with Gasteiger partial charge < -0.3 is 16.5 Å². The fraction of sp³-hybridized carbons (Fsp3) is 0.136. The summed E-state index contributed by atoms with van der Waals surface area (Å²) in [6, 6.07) is 22.5. The first-order chi connectivity index (χ1) is 12.7. The zero-order valence-electron chi connectivity index (χ0n) is 14.5. The Balaban J connectivity index is 1.91. The van der Waals surface area contributed by atoms with Gasteiger partial charge in [-0.2, -0.15) is 0 Å². The van der Waals surface area contributed by atoms with E-state index in [2.05, 4.69) is 23.5 Å². The molecule has 0 saturated carbocycles. The van der Waals surface area contributed by atoms with Gasteiger partial charge in [0.25, 0.3) is 0 Å². The fourth-order valence-corrected chi connectivity index (χ4v) is 3.10. The monoisotopic (exact) mass is 347 g/mol. The maximum absolute atomic E-state index is 13.1. The zero-order chi connectivity index (χ0) is 18.4. The SMILES string of the molecule is N=Cc1cc(C(CCN)c2ccccc2)ccc1Nc1ccc(F)cc1. The van der Waals surface area contributed by atoms with Crippen molar-refractivity contribution >= 4 is 17.6 Å². The van der Waals surface area contributed by atoms with Crippen molar-refractivity contribution in [3.63, 3.8) is 0 Å². The molecule has 1 atom stereocenters. The molecule has 0 amide bonds. The fourth-order valence-electron chi connectivity index (χ4n) is 3.10. The molecule has 0 bridgehead atoms. The molecule has 1 unspecified atom stereocenters. The van der Waals surface area contributed by atoms with Gasteiger partial charge in [-0.15, -0.1) is 0 Å². The van der Waals surface area contributed by atoms with E-state index in [1.54, 1.807) is 12.1 Å². The number of benzene rings is 3. The van der Waals surface area contributed by atoms with Crippen molar-refractivity contribution < 1.29 is 4.39 Å². The van der Waals surface area contributed by atoms with Crippen molar-refractivity contribution in [3.05, 3.63) is 95.3 Å². The summed E-state index contributed by atoms with van der Waals surface area (Å²) >= 11 is 0. The summed E-state index contributed by atoms with van der Waals surface area (Å²) in [4.78, 5) is 0. The number of anilines is 2. The van der Waals surface area contributed by atoms with Gasteiger partial charge in [-0.05, 0) is 60.5 Å². The van der Waals surface area contributed by atoms with Crippen molar-refractivity contribution in [3.8, 4) is 0 Å². The van der Waals surface area contributed by atoms with Crippen LogP contribution in [0.25, 0.3) is 0 Å². The van der Waals surface area contributed by atoms with Crippen molar-refractivity contribution in [2.45, 2.75) is 12.3 Å². The second-order valence-electron chi connectivity index (χ2n) is 6.16. The number of rotatable bonds is 7. The van der Waals surface area contributed by atoms with Crippen LogP contribution in [0.2, 0.25) is 0 Å². The molecular formula is C22H22FN3. The van der Waals surface area contributed by atoms with Crippen LogP contribution in [-0.2, 0) is 0 Å². The van der Waals surface area contributed by atoms with Gasteiger partial charge in [0.15, 0.2) is 0 Å². The first kappa shape index (κ1) is 17.8. The van der Waals surface area contributed by atoms with E-state index in [1.165, 1.54) is 23.9 Å².